The zero-order valence-electron chi connectivity index (χ0n) is 10.1. The van der Waals surface area contributed by atoms with Gasteiger partial charge in [0.2, 0.25) is 0 Å². The van der Waals surface area contributed by atoms with Crippen molar-refractivity contribution < 1.29 is 0 Å². The van der Waals surface area contributed by atoms with Gasteiger partial charge in [0.1, 0.15) is 4.83 Å². The van der Waals surface area contributed by atoms with Crippen LogP contribution in [0.25, 0.3) is 10.2 Å². The van der Waals surface area contributed by atoms with Crippen molar-refractivity contribution in [2.24, 2.45) is 0 Å². The highest BCUT2D eigenvalue weighted by molar-refractivity contribution is 9.09. The minimum Gasteiger partial charge on any atom is -0.299 e. The van der Waals surface area contributed by atoms with Gasteiger partial charge in [-0.1, -0.05) is 15.9 Å². The Labute approximate surface area is 118 Å². The van der Waals surface area contributed by atoms with E-state index in [4.69, 9.17) is 0 Å². The number of halogens is 1. The molecule has 1 aliphatic carbocycles. The summed E-state index contributed by atoms with van der Waals surface area (Å²) in [4.78, 5) is 19.3. The molecule has 0 amide bonds. The van der Waals surface area contributed by atoms with Crippen LogP contribution in [0.4, 0.5) is 0 Å². The zero-order valence-corrected chi connectivity index (χ0v) is 12.5. The van der Waals surface area contributed by atoms with Crippen molar-refractivity contribution >= 4 is 37.5 Å². The van der Waals surface area contributed by atoms with Crippen molar-refractivity contribution in [2.75, 3.05) is 5.33 Å². The summed E-state index contributed by atoms with van der Waals surface area (Å²) in [6.45, 7) is 0.748. The second-order valence-electron chi connectivity index (χ2n) is 4.68. The summed E-state index contributed by atoms with van der Waals surface area (Å²) < 4.78 is 1.76. The minimum atomic E-state index is 0.153. The first-order valence-corrected chi connectivity index (χ1v) is 8.30. The molecule has 0 bridgehead atoms. The molecule has 3 nitrogen and oxygen atoms in total. The molecule has 3 rings (SSSR count). The molecule has 0 unspecified atom stereocenters. The molecule has 2 heterocycles. The second kappa shape index (κ2) is 5.13. The molecule has 0 N–H and O–H groups in total. The van der Waals surface area contributed by atoms with Crippen LogP contribution in [0, 0.1) is 0 Å². The lowest BCUT2D eigenvalue weighted by Gasteiger charge is -2.10. The van der Waals surface area contributed by atoms with Gasteiger partial charge in [0.05, 0.1) is 11.7 Å². The van der Waals surface area contributed by atoms with Crippen LogP contribution in [0.15, 0.2) is 11.1 Å². The number of aryl methyl sites for hydroxylation is 3. The lowest BCUT2D eigenvalue weighted by molar-refractivity contribution is 0.652. The van der Waals surface area contributed by atoms with Gasteiger partial charge >= 0.3 is 0 Å². The molecule has 0 aromatic carbocycles. The highest BCUT2D eigenvalue weighted by Gasteiger charge is 2.19. The Morgan fingerprint density at radius 2 is 2.22 bits per heavy atom. The van der Waals surface area contributed by atoms with E-state index in [2.05, 4.69) is 20.9 Å². The summed E-state index contributed by atoms with van der Waals surface area (Å²) in [6.07, 6.45) is 7.28. The molecular weight excluding hydrogens is 312 g/mol. The number of alkyl halides is 1. The predicted molar refractivity (Wildman–Crippen MR) is 78.9 cm³/mol. The van der Waals surface area contributed by atoms with Gasteiger partial charge < -0.3 is 0 Å². The van der Waals surface area contributed by atoms with Gasteiger partial charge in [-0.05, 0) is 37.7 Å². The van der Waals surface area contributed by atoms with Crippen molar-refractivity contribution in [3.05, 3.63) is 27.1 Å². The molecular formula is C13H15BrN2OS. The topological polar surface area (TPSA) is 34.9 Å². The van der Waals surface area contributed by atoms with E-state index >= 15 is 0 Å². The lowest BCUT2D eigenvalue weighted by Crippen LogP contribution is -2.21. The molecule has 0 spiro atoms. The van der Waals surface area contributed by atoms with Crippen LogP contribution >= 0.6 is 27.3 Å². The van der Waals surface area contributed by atoms with E-state index < -0.39 is 0 Å². The fraction of sp³-hybridized carbons (Fsp3) is 0.538. The predicted octanol–water partition coefficient (Wildman–Crippen LogP) is 3.12. The summed E-state index contributed by atoms with van der Waals surface area (Å²) in [6, 6.07) is 0. The summed E-state index contributed by atoms with van der Waals surface area (Å²) in [5, 5.41) is 1.81. The SMILES string of the molecule is O=c1c2c3c(sc2ncn1CCCBr)CCCC3. The fourth-order valence-electron chi connectivity index (χ4n) is 2.57. The van der Waals surface area contributed by atoms with Crippen molar-refractivity contribution in [1.29, 1.82) is 0 Å². The first-order valence-electron chi connectivity index (χ1n) is 6.37. The van der Waals surface area contributed by atoms with Crippen LogP contribution in [0.3, 0.4) is 0 Å². The number of thiophene rings is 1. The molecule has 0 radical (unpaired) electrons. The maximum Gasteiger partial charge on any atom is 0.262 e. The van der Waals surface area contributed by atoms with Crippen LogP contribution in [-0.2, 0) is 19.4 Å². The average Bonchev–Trinajstić information content (AvgIpc) is 2.77. The monoisotopic (exact) mass is 326 g/mol. The summed E-state index contributed by atoms with van der Waals surface area (Å²) in [5.41, 5.74) is 1.44. The van der Waals surface area contributed by atoms with Gasteiger partial charge in [0, 0.05) is 16.8 Å². The van der Waals surface area contributed by atoms with Gasteiger partial charge in [-0.2, -0.15) is 0 Å². The zero-order chi connectivity index (χ0) is 12.5. The molecule has 1 aliphatic rings. The Bertz CT molecular complexity index is 632. The van der Waals surface area contributed by atoms with E-state index in [0.29, 0.717) is 0 Å². The number of hydrogen-bond acceptors (Lipinski definition) is 3. The maximum atomic E-state index is 12.5. The molecule has 2 aromatic rings. The molecule has 0 aliphatic heterocycles. The fourth-order valence-corrected chi connectivity index (χ4v) is 4.04. The van der Waals surface area contributed by atoms with Crippen molar-refractivity contribution in [1.82, 2.24) is 9.55 Å². The quantitative estimate of drug-likeness (QED) is 0.812. The number of aromatic nitrogens is 2. The Morgan fingerprint density at radius 3 is 3.06 bits per heavy atom. The van der Waals surface area contributed by atoms with E-state index in [0.717, 1.165) is 41.4 Å². The maximum absolute atomic E-state index is 12.5. The van der Waals surface area contributed by atoms with Crippen LogP contribution < -0.4 is 5.56 Å². The molecule has 96 valence electrons. The van der Waals surface area contributed by atoms with Gasteiger partial charge in [0.15, 0.2) is 0 Å². The van der Waals surface area contributed by atoms with E-state index in [1.807, 2.05) is 0 Å². The lowest BCUT2D eigenvalue weighted by atomic mass is 9.97. The van der Waals surface area contributed by atoms with E-state index in [1.54, 1.807) is 22.2 Å². The van der Waals surface area contributed by atoms with E-state index in [-0.39, 0.29) is 5.56 Å². The molecule has 18 heavy (non-hydrogen) atoms. The Hall–Kier alpha value is -0.680. The average molecular weight is 327 g/mol. The first-order chi connectivity index (χ1) is 8.81. The third-order valence-electron chi connectivity index (χ3n) is 3.47. The van der Waals surface area contributed by atoms with Crippen molar-refractivity contribution in [3.63, 3.8) is 0 Å². The van der Waals surface area contributed by atoms with Gasteiger partial charge in [-0.25, -0.2) is 4.98 Å². The number of rotatable bonds is 3. The number of hydrogen-bond donors (Lipinski definition) is 0. The standard InChI is InChI=1S/C13H15BrN2OS/c14-6-3-7-16-8-15-12-11(13(16)17)9-4-1-2-5-10(9)18-12/h8H,1-7H2. The molecule has 5 heteroatoms. The number of fused-ring (bicyclic) bond motifs is 3. The normalized spacial score (nSPS) is 14.9. The van der Waals surface area contributed by atoms with Gasteiger partial charge in [-0.3, -0.25) is 9.36 Å². The van der Waals surface area contributed by atoms with Crippen molar-refractivity contribution in [3.8, 4) is 0 Å². The van der Waals surface area contributed by atoms with Crippen LogP contribution in [0.5, 0.6) is 0 Å². The summed E-state index contributed by atoms with van der Waals surface area (Å²) in [5.74, 6) is 0. The van der Waals surface area contributed by atoms with Gasteiger partial charge in [-0.15, -0.1) is 11.3 Å². The highest BCUT2D eigenvalue weighted by atomic mass is 79.9. The molecule has 2 aromatic heterocycles. The van der Waals surface area contributed by atoms with Crippen LogP contribution in [-0.4, -0.2) is 14.9 Å². The molecule has 0 saturated carbocycles. The van der Waals surface area contributed by atoms with Crippen LogP contribution in [0.2, 0.25) is 0 Å². The third-order valence-corrected chi connectivity index (χ3v) is 5.24. The van der Waals surface area contributed by atoms with Crippen molar-refractivity contribution in [2.45, 2.75) is 38.6 Å². The summed E-state index contributed by atoms with van der Waals surface area (Å²) in [7, 11) is 0. The smallest absolute Gasteiger partial charge is 0.262 e. The first kappa shape index (κ1) is 12.4. The Morgan fingerprint density at radius 1 is 1.39 bits per heavy atom. The Kier molecular flexibility index (Phi) is 3.52. The number of nitrogens with zero attached hydrogens (tertiary/aromatic N) is 2. The Balaban J connectivity index is 2.15. The highest BCUT2D eigenvalue weighted by Crippen LogP contribution is 2.33. The molecule has 0 atom stereocenters. The largest absolute Gasteiger partial charge is 0.299 e. The second-order valence-corrected chi connectivity index (χ2v) is 6.55. The summed E-state index contributed by atoms with van der Waals surface area (Å²) >= 11 is 5.11. The molecule has 0 saturated heterocycles. The van der Waals surface area contributed by atoms with E-state index in [1.165, 1.54) is 23.3 Å². The van der Waals surface area contributed by atoms with Crippen LogP contribution in [0.1, 0.15) is 29.7 Å². The van der Waals surface area contributed by atoms with E-state index in [9.17, 15) is 4.79 Å². The molecule has 0 fully saturated rings. The minimum absolute atomic E-state index is 0.153. The van der Waals surface area contributed by atoms with Gasteiger partial charge in [0.25, 0.3) is 5.56 Å². The third kappa shape index (κ3) is 2.03.